The van der Waals surface area contributed by atoms with Crippen LogP contribution in [-0.2, 0) is 25.7 Å². The van der Waals surface area contributed by atoms with E-state index in [0.29, 0.717) is 18.7 Å². The molecule has 1 amide bonds. The van der Waals surface area contributed by atoms with Crippen molar-refractivity contribution in [1.82, 2.24) is 0 Å². The Labute approximate surface area is 194 Å². The molecule has 0 unspecified atom stereocenters. The lowest BCUT2D eigenvalue weighted by Gasteiger charge is -2.35. The van der Waals surface area contributed by atoms with Crippen LogP contribution in [0.3, 0.4) is 0 Å². The molecule has 0 heterocycles. The summed E-state index contributed by atoms with van der Waals surface area (Å²) < 4.78 is 24.5. The fourth-order valence-corrected chi connectivity index (χ4v) is 3.55. The van der Waals surface area contributed by atoms with Gasteiger partial charge in [0.25, 0.3) is 5.91 Å². The van der Waals surface area contributed by atoms with Gasteiger partial charge in [-0.3, -0.25) is 4.79 Å². The van der Waals surface area contributed by atoms with Crippen molar-refractivity contribution in [3.05, 3.63) is 65.0 Å². The lowest BCUT2D eigenvalue weighted by atomic mass is 10.1. The normalized spacial score (nSPS) is 11.1. The van der Waals surface area contributed by atoms with Gasteiger partial charge in [0, 0.05) is 0 Å². The minimum Gasteiger partial charge on any atom is -0.462 e. The highest BCUT2D eigenvalue weighted by Gasteiger charge is 2.31. The van der Waals surface area contributed by atoms with Crippen molar-refractivity contribution >= 4 is 23.5 Å². The zero-order valence-electron chi connectivity index (χ0n) is 19.7. The molecule has 2 rings (SSSR count). The summed E-state index contributed by atoms with van der Waals surface area (Å²) in [5, 5.41) is 2.73. The van der Waals surface area contributed by atoms with Gasteiger partial charge in [0.1, 0.15) is 12.4 Å². The molecule has 33 heavy (non-hydrogen) atoms. The summed E-state index contributed by atoms with van der Waals surface area (Å²) in [4.78, 5) is 37.8. The summed E-state index contributed by atoms with van der Waals surface area (Å²) in [6.07, 6.45) is 0. The van der Waals surface area contributed by atoms with Crippen LogP contribution in [0.4, 0.5) is 10.1 Å². The molecule has 0 radical (unpaired) electrons. The van der Waals surface area contributed by atoms with Crippen molar-refractivity contribution in [3.8, 4) is 0 Å². The molecule has 0 aliphatic rings. The van der Waals surface area contributed by atoms with Crippen LogP contribution < -0.4 is 5.32 Å². The van der Waals surface area contributed by atoms with E-state index in [1.165, 1.54) is 6.07 Å². The van der Waals surface area contributed by atoms with E-state index in [9.17, 15) is 18.8 Å². The summed E-state index contributed by atoms with van der Waals surface area (Å²) in [7, 11) is 0. The van der Waals surface area contributed by atoms with Gasteiger partial charge in [0.2, 0.25) is 0 Å². The van der Waals surface area contributed by atoms with E-state index in [0.717, 1.165) is 11.6 Å². The molecule has 0 fully saturated rings. The monoisotopic (exact) mass is 459 g/mol. The molecular weight excluding hydrogens is 427 g/mol. The van der Waals surface area contributed by atoms with Gasteiger partial charge in [-0.05, 0) is 51.0 Å². The Hall–Kier alpha value is -3.26. The van der Waals surface area contributed by atoms with Crippen molar-refractivity contribution in [2.45, 2.75) is 34.3 Å². The number of nitrogens with zero attached hydrogens (tertiary/aromatic N) is 1. The second-order valence-electron chi connectivity index (χ2n) is 7.85. The number of quaternary nitrogens is 1. The number of nitrogens with one attached hydrogen (secondary N) is 1. The van der Waals surface area contributed by atoms with Gasteiger partial charge in [-0.15, -0.1) is 0 Å². The van der Waals surface area contributed by atoms with Gasteiger partial charge < -0.3 is 19.3 Å². The topological polar surface area (TPSA) is 81.7 Å². The first-order chi connectivity index (χ1) is 15.7. The van der Waals surface area contributed by atoms with Crippen LogP contribution in [-0.4, -0.2) is 55.1 Å². The summed E-state index contributed by atoms with van der Waals surface area (Å²) in [5.41, 5.74) is 1.45. The first-order valence-corrected chi connectivity index (χ1v) is 11.0. The minimum atomic E-state index is -0.716. The fraction of sp³-hybridized carbons (Fsp3) is 0.400. The Morgan fingerprint density at radius 1 is 0.970 bits per heavy atom. The number of amides is 1. The number of benzene rings is 2. The largest absolute Gasteiger partial charge is 0.462 e. The molecule has 0 atom stereocenters. The molecule has 7 nitrogen and oxygen atoms in total. The van der Waals surface area contributed by atoms with E-state index in [1.54, 1.807) is 13.8 Å². The number of aryl methyl sites for hydroxylation is 1. The maximum atomic E-state index is 13.9. The number of ether oxygens (including phenoxy) is 2. The van der Waals surface area contributed by atoms with Gasteiger partial charge in [0.15, 0.2) is 13.1 Å². The molecular formula is C25H32FN2O5+. The zero-order chi connectivity index (χ0) is 24.4. The van der Waals surface area contributed by atoms with Crippen LogP contribution in [0.15, 0.2) is 42.5 Å². The van der Waals surface area contributed by atoms with E-state index in [-0.39, 0.29) is 42.0 Å². The van der Waals surface area contributed by atoms with Gasteiger partial charge in [-0.1, -0.05) is 30.3 Å². The fourth-order valence-electron chi connectivity index (χ4n) is 3.55. The Morgan fingerprint density at radius 3 is 2.24 bits per heavy atom. The molecule has 0 spiro atoms. The Bertz CT molecular complexity index is 974. The number of carbonyl (C=O) groups is 3. The summed E-state index contributed by atoms with van der Waals surface area (Å²) in [6.45, 7) is 8.40. The zero-order valence-corrected chi connectivity index (χ0v) is 19.7. The summed E-state index contributed by atoms with van der Waals surface area (Å²) >= 11 is 0. The van der Waals surface area contributed by atoms with Gasteiger partial charge in [-0.2, -0.15) is 0 Å². The molecule has 2 aromatic rings. The van der Waals surface area contributed by atoms with E-state index >= 15 is 0 Å². The Kier molecular flexibility index (Phi) is 9.54. The van der Waals surface area contributed by atoms with Gasteiger partial charge >= 0.3 is 11.9 Å². The van der Waals surface area contributed by atoms with Crippen LogP contribution in [0, 0.1) is 12.7 Å². The number of esters is 2. The number of likely N-dealkylation sites (N-methyl/N-ethyl adjacent to an activating group) is 1. The number of halogens is 1. The molecule has 0 saturated heterocycles. The smallest absolute Gasteiger partial charge is 0.362 e. The molecule has 0 aromatic heterocycles. The van der Waals surface area contributed by atoms with Crippen LogP contribution >= 0.6 is 0 Å². The lowest BCUT2D eigenvalue weighted by molar-refractivity contribution is -0.910. The van der Waals surface area contributed by atoms with Crippen LogP contribution in [0.1, 0.15) is 42.3 Å². The van der Waals surface area contributed by atoms with Gasteiger partial charge in [-0.25, -0.2) is 14.0 Å². The van der Waals surface area contributed by atoms with Crippen LogP contribution in [0.2, 0.25) is 0 Å². The van der Waals surface area contributed by atoms with Crippen molar-refractivity contribution in [2.24, 2.45) is 0 Å². The number of rotatable bonds is 11. The number of hydrogen-bond donors (Lipinski definition) is 1. The molecule has 1 N–H and O–H groups in total. The Balaban J connectivity index is 2.12. The van der Waals surface area contributed by atoms with Crippen molar-refractivity contribution in [1.29, 1.82) is 0 Å². The highest BCUT2D eigenvalue weighted by atomic mass is 19.1. The van der Waals surface area contributed by atoms with Crippen molar-refractivity contribution < 1.29 is 32.7 Å². The molecule has 0 aliphatic carbocycles. The molecule has 2 aromatic carbocycles. The standard InChI is InChI=1S/C25H31FN2O5/c1-5-28(6-2,16-23(30)33-17-19-11-9-8-10-12-19)15-22(29)27-24-18(4)13-20(26)14-21(24)25(31)32-7-3/h8-14H,5-7,15-17H2,1-4H3/p+1. The van der Waals surface area contributed by atoms with E-state index in [2.05, 4.69) is 5.32 Å². The lowest BCUT2D eigenvalue weighted by Crippen LogP contribution is -2.55. The van der Waals surface area contributed by atoms with Crippen LogP contribution in [0.5, 0.6) is 0 Å². The highest BCUT2D eigenvalue weighted by Crippen LogP contribution is 2.24. The van der Waals surface area contributed by atoms with Crippen molar-refractivity contribution in [2.75, 3.05) is 38.1 Å². The van der Waals surface area contributed by atoms with Gasteiger partial charge in [0.05, 0.1) is 30.9 Å². The van der Waals surface area contributed by atoms with Crippen molar-refractivity contribution in [3.63, 3.8) is 0 Å². The van der Waals surface area contributed by atoms with Crippen LogP contribution in [0.25, 0.3) is 0 Å². The van der Waals surface area contributed by atoms with E-state index in [4.69, 9.17) is 9.47 Å². The first-order valence-electron chi connectivity index (χ1n) is 11.0. The third kappa shape index (κ3) is 7.39. The number of anilines is 1. The third-order valence-corrected chi connectivity index (χ3v) is 5.59. The third-order valence-electron chi connectivity index (χ3n) is 5.59. The maximum absolute atomic E-state index is 13.9. The predicted molar refractivity (Wildman–Crippen MR) is 123 cm³/mol. The number of hydrogen-bond acceptors (Lipinski definition) is 5. The molecule has 178 valence electrons. The average Bonchev–Trinajstić information content (AvgIpc) is 2.79. The highest BCUT2D eigenvalue weighted by molar-refractivity contribution is 6.02. The van der Waals surface area contributed by atoms with E-state index < -0.39 is 23.7 Å². The molecule has 0 aliphatic heterocycles. The second-order valence-corrected chi connectivity index (χ2v) is 7.85. The maximum Gasteiger partial charge on any atom is 0.362 e. The SMILES string of the molecule is CCOC(=O)c1cc(F)cc(C)c1NC(=O)C[N+](CC)(CC)CC(=O)OCc1ccccc1. The quantitative estimate of drug-likeness (QED) is 0.408. The first kappa shape index (κ1) is 26.0. The molecule has 8 heteroatoms. The molecule has 0 bridgehead atoms. The molecule has 0 saturated carbocycles. The number of carbonyl (C=O) groups excluding carboxylic acids is 3. The Morgan fingerprint density at radius 2 is 1.64 bits per heavy atom. The summed E-state index contributed by atoms with van der Waals surface area (Å²) in [5.74, 6) is -2.11. The predicted octanol–water partition coefficient (Wildman–Crippen LogP) is 3.85. The minimum absolute atomic E-state index is 0.00742. The second kappa shape index (κ2) is 12.1. The average molecular weight is 460 g/mol. The summed E-state index contributed by atoms with van der Waals surface area (Å²) in [6, 6.07) is 11.6. The van der Waals surface area contributed by atoms with E-state index in [1.807, 2.05) is 44.2 Å².